The van der Waals surface area contributed by atoms with Gasteiger partial charge in [0.1, 0.15) is 0 Å². The largest absolute Gasteiger partial charge is 0.481 e. The minimum Gasteiger partial charge on any atom is -0.481 e. The highest BCUT2D eigenvalue weighted by Crippen LogP contribution is 2.38. The number of halogens is 7. The van der Waals surface area contributed by atoms with Crippen LogP contribution in [0.1, 0.15) is 43.2 Å². The SMILES string of the molecule is CC(I)CC(C(=O)O)c1cc(-c2ccc(C(F)(F)F)cc2)cc(N2CCC(C(F)(F)F)CC2)c1. The van der Waals surface area contributed by atoms with Crippen molar-refractivity contribution in [2.24, 2.45) is 5.92 Å². The number of carboxylic acid groups (broad SMARTS) is 1. The first-order valence-corrected chi connectivity index (χ1v) is 12.0. The number of aliphatic carboxylic acids is 1. The van der Waals surface area contributed by atoms with Crippen LogP contribution in [0.15, 0.2) is 42.5 Å². The first-order valence-electron chi connectivity index (χ1n) is 10.8. The molecule has 1 N–H and O–H groups in total. The summed E-state index contributed by atoms with van der Waals surface area (Å²) < 4.78 is 78.2. The van der Waals surface area contributed by atoms with E-state index in [2.05, 4.69) is 22.6 Å². The van der Waals surface area contributed by atoms with Crippen molar-refractivity contribution in [1.82, 2.24) is 0 Å². The van der Waals surface area contributed by atoms with E-state index >= 15 is 0 Å². The Kier molecular flexibility index (Phi) is 8.09. The zero-order valence-electron chi connectivity index (χ0n) is 18.3. The number of carbonyl (C=O) groups is 1. The average molecular weight is 599 g/mol. The van der Waals surface area contributed by atoms with Gasteiger partial charge in [-0.25, -0.2) is 0 Å². The number of nitrogens with zero attached hydrogens (tertiary/aromatic N) is 1. The first-order chi connectivity index (χ1) is 15.8. The zero-order valence-corrected chi connectivity index (χ0v) is 20.4. The second kappa shape index (κ2) is 10.3. The van der Waals surface area contributed by atoms with Crippen LogP contribution in [-0.4, -0.2) is 34.3 Å². The van der Waals surface area contributed by atoms with Crippen LogP contribution < -0.4 is 4.90 Å². The standard InChI is InChI=1S/C24H24F6INO2/c1-14(31)10-21(22(33)34)17-11-16(15-2-4-18(5-3-15)23(25,26)27)12-20(13-17)32-8-6-19(7-9-32)24(28,29)30/h2-5,11-14,19,21H,6-10H2,1H3,(H,33,34). The molecule has 1 heterocycles. The van der Waals surface area contributed by atoms with E-state index in [9.17, 15) is 36.2 Å². The van der Waals surface area contributed by atoms with E-state index in [0.29, 0.717) is 28.8 Å². The Labute approximate surface area is 207 Å². The summed E-state index contributed by atoms with van der Waals surface area (Å²) in [5.74, 6) is -3.27. The maximum atomic E-state index is 13.1. The van der Waals surface area contributed by atoms with Crippen LogP contribution >= 0.6 is 22.6 Å². The highest BCUT2D eigenvalue weighted by atomic mass is 127. The van der Waals surface area contributed by atoms with Crippen LogP contribution in [0.4, 0.5) is 32.0 Å². The number of hydrogen-bond acceptors (Lipinski definition) is 2. The van der Waals surface area contributed by atoms with Crippen LogP contribution in [-0.2, 0) is 11.0 Å². The maximum Gasteiger partial charge on any atom is 0.416 e. The Bertz CT molecular complexity index is 996. The molecule has 10 heteroatoms. The van der Waals surface area contributed by atoms with Crippen molar-refractivity contribution in [3.8, 4) is 11.1 Å². The summed E-state index contributed by atoms with van der Waals surface area (Å²) in [7, 11) is 0. The summed E-state index contributed by atoms with van der Waals surface area (Å²) in [6.07, 6.45) is -8.56. The first kappa shape index (κ1) is 26.6. The summed E-state index contributed by atoms with van der Waals surface area (Å²) in [6, 6.07) is 9.57. The molecule has 0 spiro atoms. The Morgan fingerprint density at radius 1 is 1.03 bits per heavy atom. The zero-order chi connectivity index (χ0) is 25.3. The predicted molar refractivity (Wildman–Crippen MR) is 126 cm³/mol. The van der Waals surface area contributed by atoms with Crippen molar-refractivity contribution < 1.29 is 36.2 Å². The topological polar surface area (TPSA) is 40.5 Å². The number of alkyl halides is 7. The molecular weight excluding hydrogens is 575 g/mol. The third-order valence-electron chi connectivity index (χ3n) is 6.07. The molecule has 1 aliphatic rings. The Balaban J connectivity index is 2.01. The van der Waals surface area contributed by atoms with E-state index in [1.54, 1.807) is 23.1 Å². The molecule has 1 aliphatic heterocycles. The molecule has 0 aliphatic carbocycles. The molecular formula is C24H24F6INO2. The Hall–Kier alpha value is -1.98. The van der Waals surface area contributed by atoms with E-state index < -0.39 is 35.7 Å². The van der Waals surface area contributed by atoms with Gasteiger partial charge in [0, 0.05) is 22.7 Å². The molecule has 0 radical (unpaired) electrons. The van der Waals surface area contributed by atoms with Gasteiger partial charge in [0.2, 0.25) is 0 Å². The molecule has 0 bridgehead atoms. The summed E-state index contributed by atoms with van der Waals surface area (Å²) in [5.41, 5.74) is 1.23. The smallest absolute Gasteiger partial charge is 0.416 e. The quantitative estimate of drug-likeness (QED) is 0.212. The Morgan fingerprint density at radius 3 is 2.09 bits per heavy atom. The van der Waals surface area contributed by atoms with Gasteiger partial charge in [-0.2, -0.15) is 26.3 Å². The third-order valence-corrected chi connectivity index (χ3v) is 6.58. The van der Waals surface area contributed by atoms with Gasteiger partial charge in [0.15, 0.2) is 0 Å². The fourth-order valence-electron chi connectivity index (χ4n) is 4.21. The molecule has 2 aromatic rings. The summed E-state index contributed by atoms with van der Waals surface area (Å²) in [5, 5.41) is 9.82. The molecule has 2 unspecified atom stereocenters. The second-order valence-corrected chi connectivity index (χ2v) is 10.7. The van der Waals surface area contributed by atoms with Gasteiger partial charge in [-0.1, -0.05) is 47.7 Å². The molecule has 34 heavy (non-hydrogen) atoms. The van der Waals surface area contributed by atoms with Crippen LogP contribution in [0.3, 0.4) is 0 Å². The van der Waals surface area contributed by atoms with Gasteiger partial charge >= 0.3 is 18.3 Å². The summed E-state index contributed by atoms with van der Waals surface area (Å²) in [4.78, 5) is 13.8. The van der Waals surface area contributed by atoms with Crippen molar-refractivity contribution in [1.29, 1.82) is 0 Å². The highest BCUT2D eigenvalue weighted by Gasteiger charge is 2.41. The molecule has 2 aromatic carbocycles. The Morgan fingerprint density at radius 2 is 1.62 bits per heavy atom. The lowest BCUT2D eigenvalue weighted by molar-refractivity contribution is -0.179. The van der Waals surface area contributed by atoms with Crippen molar-refractivity contribution in [2.45, 2.75) is 48.4 Å². The molecule has 2 atom stereocenters. The van der Waals surface area contributed by atoms with Crippen LogP contribution in [0.25, 0.3) is 11.1 Å². The van der Waals surface area contributed by atoms with Gasteiger partial charge in [-0.3, -0.25) is 4.79 Å². The van der Waals surface area contributed by atoms with E-state index in [4.69, 9.17) is 0 Å². The van der Waals surface area contributed by atoms with Crippen molar-refractivity contribution in [3.05, 3.63) is 53.6 Å². The predicted octanol–water partition coefficient (Wildman–Crippen LogP) is 7.53. The lowest BCUT2D eigenvalue weighted by Crippen LogP contribution is -2.39. The normalized spacial score (nSPS) is 17.5. The van der Waals surface area contributed by atoms with Crippen LogP contribution in [0.2, 0.25) is 0 Å². The van der Waals surface area contributed by atoms with Crippen molar-refractivity contribution in [2.75, 3.05) is 18.0 Å². The van der Waals surface area contributed by atoms with Crippen LogP contribution in [0.5, 0.6) is 0 Å². The number of hydrogen-bond donors (Lipinski definition) is 1. The fraction of sp³-hybridized carbons (Fsp3) is 0.458. The van der Waals surface area contributed by atoms with E-state index in [1.165, 1.54) is 12.1 Å². The minimum atomic E-state index is -4.49. The summed E-state index contributed by atoms with van der Waals surface area (Å²) in [6.45, 7) is 2.18. The second-order valence-electron chi connectivity index (χ2n) is 8.60. The maximum absolute atomic E-state index is 13.1. The molecule has 3 nitrogen and oxygen atoms in total. The molecule has 3 rings (SSSR count). The van der Waals surface area contributed by atoms with E-state index in [1.807, 2.05) is 6.92 Å². The average Bonchev–Trinajstić information content (AvgIpc) is 2.76. The molecule has 0 aromatic heterocycles. The van der Waals surface area contributed by atoms with Gasteiger partial charge in [0.05, 0.1) is 17.4 Å². The molecule has 0 amide bonds. The molecule has 186 valence electrons. The number of piperidine rings is 1. The van der Waals surface area contributed by atoms with Crippen LogP contribution in [0, 0.1) is 5.92 Å². The minimum absolute atomic E-state index is 0.0411. The molecule has 1 saturated heterocycles. The van der Waals surface area contributed by atoms with Crippen molar-refractivity contribution >= 4 is 34.2 Å². The van der Waals surface area contributed by atoms with Crippen molar-refractivity contribution in [3.63, 3.8) is 0 Å². The fourth-order valence-corrected chi connectivity index (χ4v) is 4.71. The monoisotopic (exact) mass is 599 g/mol. The molecule has 1 fully saturated rings. The van der Waals surface area contributed by atoms with E-state index in [0.717, 1.165) is 12.1 Å². The number of rotatable bonds is 6. The number of anilines is 1. The third kappa shape index (κ3) is 6.57. The van der Waals surface area contributed by atoms with Gasteiger partial charge < -0.3 is 10.0 Å². The van der Waals surface area contributed by atoms with Gasteiger partial charge in [0.25, 0.3) is 0 Å². The number of carboxylic acids is 1. The lowest BCUT2D eigenvalue weighted by atomic mass is 9.90. The number of benzene rings is 2. The van der Waals surface area contributed by atoms with Gasteiger partial charge in [-0.15, -0.1) is 0 Å². The molecule has 0 saturated carbocycles. The van der Waals surface area contributed by atoms with Gasteiger partial charge in [-0.05, 0) is 60.2 Å². The van der Waals surface area contributed by atoms with E-state index in [-0.39, 0.29) is 29.9 Å². The highest BCUT2D eigenvalue weighted by molar-refractivity contribution is 14.1. The summed E-state index contributed by atoms with van der Waals surface area (Å²) >= 11 is 2.12. The lowest BCUT2D eigenvalue weighted by Gasteiger charge is -2.35.